The van der Waals surface area contributed by atoms with Crippen molar-refractivity contribution >= 4 is 11.9 Å². The Kier molecular flexibility index (Phi) is 2.70. The largest absolute Gasteiger partial charge is 0.294 e. The minimum Gasteiger partial charge on any atom is -0.294 e. The normalized spacial score (nSPS) is 15.5. The van der Waals surface area contributed by atoms with Crippen molar-refractivity contribution < 1.29 is 4.79 Å². The van der Waals surface area contributed by atoms with E-state index in [1.54, 1.807) is 10.8 Å². The van der Waals surface area contributed by atoms with Crippen LogP contribution in [0.3, 0.4) is 0 Å². The van der Waals surface area contributed by atoms with Gasteiger partial charge in [-0.3, -0.25) is 9.48 Å². The fourth-order valence-corrected chi connectivity index (χ4v) is 2.00. The molecular weight excluding hydrogens is 200 g/mol. The SMILES string of the molecule is C=Cc1c(C(=O)C2CC2)c(C(C)C)nn1C. The second-order valence-corrected chi connectivity index (χ2v) is 4.77. The molecule has 3 heteroatoms. The molecule has 16 heavy (non-hydrogen) atoms. The Morgan fingerprint density at radius 3 is 2.62 bits per heavy atom. The third-order valence-electron chi connectivity index (χ3n) is 3.05. The number of carbonyl (C=O) groups excluding carboxylic acids is 1. The lowest BCUT2D eigenvalue weighted by Gasteiger charge is -2.04. The first-order chi connectivity index (χ1) is 7.56. The summed E-state index contributed by atoms with van der Waals surface area (Å²) in [4.78, 5) is 12.2. The van der Waals surface area contributed by atoms with Gasteiger partial charge in [0.2, 0.25) is 0 Å². The predicted molar refractivity (Wildman–Crippen MR) is 64.4 cm³/mol. The minimum atomic E-state index is 0.236. The van der Waals surface area contributed by atoms with Gasteiger partial charge in [0.25, 0.3) is 0 Å². The molecule has 1 fully saturated rings. The molecular formula is C13H18N2O. The van der Waals surface area contributed by atoms with E-state index in [1.807, 2.05) is 7.05 Å². The van der Waals surface area contributed by atoms with Gasteiger partial charge in [-0.2, -0.15) is 5.10 Å². The van der Waals surface area contributed by atoms with Crippen LogP contribution in [-0.4, -0.2) is 15.6 Å². The molecule has 1 aliphatic rings. The zero-order valence-electron chi connectivity index (χ0n) is 10.2. The van der Waals surface area contributed by atoms with Crippen molar-refractivity contribution in [3.63, 3.8) is 0 Å². The summed E-state index contributed by atoms with van der Waals surface area (Å²) in [6.45, 7) is 7.91. The Morgan fingerprint density at radius 1 is 1.56 bits per heavy atom. The van der Waals surface area contributed by atoms with E-state index in [0.29, 0.717) is 0 Å². The van der Waals surface area contributed by atoms with Crippen LogP contribution in [0.25, 0.3) is 6.08 Å². The molecule has 0 aromatic carbocycles. The molecule has 0 amide bonds. The van der Waals surface area contributed by atoms with E-state index in [9.17, 15) is 4.79 Å². The summed E-state index contributed by atoms with van der Waals surface area (Å²) in [6.07, 6.45) is 3.79. The zero-order valence-corrected chi connectivity index (χ0v) is 10.2. The highest BCUT2D eigenvalue weighted by atomic mass is 16.1. The lowest BCUT2D eigenvalue weighted by Crippen LogP contribution is -2.07. The van der Waals surface area contributed by atoms with Crippen LogP contribution in [0.2, 0.25) is 0 Å². The number of aromatic nitrogens is 2. The second-order valence-electron chi connectivity index (χ2n) is 4.77. The molecule has 0 radical (unpaired) electrons. The first-order valence-corrected chi connectivity index (χ1v) is 5.79. The smallest absolute Gasteiger partial charge is 0.170 e. The zero-order chi connectivity index (χ0) is 11.9. The summed E-state index contributed by atoms with van der Waals surface area (Å²) in [5.41, 5.74) is 2.57. The highest BCUT2D eigenvalue weighted by molar-refractivity contribution is 6.02. The Bertz CT molecular complexity index is 439. The molecule has 0 saturated heterocycles. The molecule has 0 aliphatic heterocycles. The molecule has 1 saturated carbocycles. The molecule has 1 aromatic heterocycles. The second kappa shape index (κ2) is 3.89. The van der Waals surface area contributed by atoms with Gasteiger partial charge >= 0.3 is 0 Å². The molecule has 0 N–H and O–H groups in total. The van der Waals surface area contributed by atoms with Crippen LogP contribution >= 0.6 is 0 Å². The van der Waals surface area contributed by atoms with E-state index in [-0.39, 0.29) is 17.6 Å². The molecule has 0 atom stereocenters. The number of Topliss-reactive ketones (excluding diaryl/α,β-unsaturated/α-hetero) is 1. The van der Waals surface area contributed by atoms with Crippen molar-refractivity contribution in [2.24, 2.45) is 13.0 Å². The fraction of sp³-hybridized carbons (Fsp3) is 0.538. The van der Waals surface area contributed by atoms with E-state index < -0.39 is 0 Å². The molecule has 1 aliphatic carbocycles. The Morgan fingerprint density at radius 2 is 2.19 bits per heavy atom. The van der Waals surface area contributed by atoms with Crippen LogP contribution < -0.4 is 0 Å². The van der Waals surface area contributed by atoms with Gasteiger partial charge in [-0.25, -0.2) is 0 Å². The Hall–Kier alpha value is -1.38. The van der Waals surface area contributed by atoms with Crippen LogP contribution in [0.5, 0.6) is 0 Å². The average molecular weight is 218 g/mol. The highest BCUT2D eigenvalue weighted by Gasteiger charge is 2.35. The predicted octanol–water partition coefficient (Wildman–Crippen LogP) is 2.78. The molecule has 0 bridgehead atoms. The van der Waals surface area contributed by atoms with E-state index >= 15 is 0 Å². The molecule has 1 heterocycles. The van der Waals surface area contributed by atoms with Crippen molar-refractivity contribution in [3.05, 3.63) is 23.5 Å². The number of ketones is 1. The number of rotatable bonds is 4. The third-order valence-corrected chi connectivity index (χ3v) is 3.05. The van der Waals surface area contributed by atoms with E-state index in [2.05, 4.69) is 25.5 Å². The number of hydrogen-bond acceptors (Lipinski definition) is 2. The summed E-state index contributed by atoms with van der Waals surface area (Å²) < 4.78 is 1.76. The number of hydrogen-bond donors (Lipinski definition) is 0. The third kappa shape index (κ3) is 1.70. The lowest BCUT2D eigenvalue weighted by atomic mass is 9.98. The van der Waals surface area contributed by atoms with Crippen molar-refractivity contribution in [2.45, 2.75) is 32.6 Å². The van der Waals surface area contributed by atoms with Crippen molar-refractivity contribution in [1.29, 1.82) is 0 Å². The maximum absolute atomic E-state index is 12.2. The summed E-state index contributed by atoms with van der Waals surface area (Å²) in [5.74, 6) is 0.768. The van der Waals surface area contributed by atoms with E-state index in [0.717, 1.165) is 29.8 Å². The topological polar surface area (TPSA) is 34.9 Å². The maximum Gasteiger partial charge on any atom is 0.170 e. The first-order valence-electron chi connectivity index (χ1n) is 5.79. The van der Waals surface area contributed by atoms with Crippen molar-refractivity contribution in [2.75, 3.05) is 0 Å². The molecule has 0 unspecified atom stereocenters. The average Bonchev–Trinajstić information content (AvgIpc) is 3.01. The summed E-state index contributed by atoms with van der Waals surface area (Å²) in [6, 6.07) is 0. The Balaban J connectivity index is 2.53. The molecule has 0 spiro atoms. The van der Waals surface area contributed by atoms with E-state index in [4.69, 9.17) is 0 Å². The number of aryl methyl sites for hydroxylation is 1. The van der Waals surface area contributed by atoms with Gasteiger partial charge in [-0.15, -0.1) is 0 Å². The maximum atomic E-state index is 12.2. The van der Waals surface area contributed by atoms with Gasteiger partial charge in [-0.05, 0) is 24.8 Å². The van der Waals surface area contributed by atoms with Crippen LogP contribution in [0.1, 0.15) is 54.4 Å². The minimum absolute atomic E-state index is 0.236. The van der Waals surface area contributed by atoms with Gasteiger partial charge in [-0.1, -0.05) is 20.4 Å². The van der Waals surface area contributed by atoms with Crippen molar-refractivity contribution in [3.8, 4) is 0 Å². The summed E-state index contributed by atoms with van der Waals surface area (Å²) >= 11 is 0. The number of nitrogens with zero attached hydrogens (tertiary/aromatic N) is 2. The van der Waals surface area contributed by atoms with Crippen LogP contribution in [0.4, 0.5) is 0 Å². The van der Waals surface area contributed by atoms with Crippen molar-refractivity contribution in [1.82, 2.24) is 9.78 Å². The standard InChI is InChI=1S/C13H18N2O/c1-5-10-11(13(16)9-6-7-9)12(8(2)3)14-15(10)4/h5,8-9H,1,6-7H2,2-4H3. The van der Waals surface area contributed by atoms with Crippen LogP contribution in [0, 0.1) is 5.92 Å². The monoisotopic (exact) mass is 218 g/mol. The quantitative estimate of drug-likeness (QED) is 0.728. The molecule has 1 aromatic rings. The first kappa shape index (κ1) is 11.1. The van der Waals surface area contributed by atoms with Crippen LogP contribution in [-0.2, 0) is 7.05 Å². The summed E-state index contributed by atoms with van der Waals surface area (Å²) in [7, 11) is 1.87. The highest BCUT2D eigenvalue weighted by Crippen LogP contribution is 2.36. The van der Waals surface area contributed by atoms with Gasteiger partial charge in [0.05, 0.1) is 17.0 Å². The fourth-order valence-electron chi connectivity index (χ4n) is 2.00. The molecule has 3 nitrogen and oxygen atoms in total. The Labute approximate surface area is 96.2 Å². The van der Waals surface area contributed by atoms with E-state index in [1.165, 1.54) is 0 Å². The summed E-state index contributed by atoms with van der Waals surface area (Å²) in [5, 5.41) is 4.44. The lowest BCUT2D eigenvalue weighted by molar-refractivity contribution is 0.0966. The molecule has 86 valence electrons. The van der Waals surface area contributed by atoms with Gasteiger partial charge < -0.3 is 0 Å². The van der Waals surface area contributed by atoms with Gasteiger partial charge in [0, 0.05) is 13.0 Å². The van der Waals surface area contributed by atoms with Gasteiger partial charge in [0.1, 0.15) is 0 Å². The van der Waals surface area contributed by atoms with Gasteiger partial charge in [0.15, 0.2) is 5.78 Å². The van der Waals surface area contributed by atoms with Crippen LogP contribution in [0.15, 0.2) is 6.58 Å². The number of carbonyl (C=O) groups is 1. The molecule has 2 rings (SSSR count).